The molecule has 1 rings (SSSR count). The topological polar surface area (TPSA) is 49.4 Å². The van der Waals surface area contributed by atoms with Gasteiger partial charge < -0.3 is 5.32 Å². The Morgan fingerprint density at radius 3 is 2.73 bits per heavy atom. The lowest BCUT2D eigenvalue weighted by Crippen LogP contribution is -2.53. The van der Waals surface area contributed by atoms with Gasteiger partial charge in [0.2, 0.25) is 0 Å². The van der Waals surface area contributed by atoms with Crippen LogP contribution < -0.4 is 5.32 Å². The van der Waals surface area contributed by atoms with Gasteiger partial charge in [0.1, 0.15) is 0 Å². The molecular weight excluding hydrogens is 212 g/mol. The summed E-state index contributed by atoms with van der Waals surface area (Å²) in [7, 11) is -2.78. The van der Waals surface area contributed by atoms with Gasteiger partial charge in [-0.15, -0.1) is 0 Å². The van der Waals surface area contributed by atoms with E-state index in [-0.39, 0.29) is 6.04 Å². The Hall–Kier alpha value is -0.130. The van der Waals surface area contributed by atoms with E-state index in [2.05, 4.69) is 24.1 Å². The smallest absolute Gasteiger partial charge is 0.153 e. The van der Waals surface area contributed by atoms with Crippen molar-refractivity contribution in [2.24, 2.45) is 0 Å². The maximum Gasteiger partial charge on any atom is 0.153 e. The molecule has 1 aliphatic rings. The van der Waals surface area contributed by atoms with Gasteiger partial charge in [0.15, 0.2) is 9.84 Å². The zero-order chi connectivity index (χ0) is 11.5. The Balaban J connectivity index is 2.50. The lowest BCUT2D eigenvalue weighted by Gasteiger charge is -2.37. The number of rotatable bonds is 4. The van der Waals surface area contributed by atoms with Gasteiger partial charge in [0, 0.05) is 25.2 Å². The van der Waals surface area contributed by atoms with Crippen LogP contribution >= 0.6 is 0 Å². The predicted octanol–water partition coefficient (Wildman–Crippen LogP) is 0.103. The van der Waals surface area contributed by atoms with Crippen molar-refractivity contribution in [1.82, 2.24) is 10.2 Å². The van der Waals surface area contributed by atoms with Crippen molar-refractivity contribution in [2.45, 2.75) is 32.9 Å². The molecule has 0 radical (unpaired) electrons. The number of hydrogen-bond acceptors (Lipinski definition) is 4. The molecule has 5 heteroatoms. The highest BCUT2D eigenvalue weighted by molar-refractivity contribution is 7.91. The van der Waals surface area contributed by atoms with Crippen molar-refractivity contribution in [1.29, 1.82) is 0 Å². The maximum absolute atomic E-state index is 11.4. The summed E-state index contributed by atoms with van der Waals surface area (Å²) < 4.78 is 22.8. The molecule has 0 amide bonds. The first kappa shape index (κ1) is 12.9. The van der Waals surface area contributed by atoms with Crippen LogP contribution in [0.2, 0.25) is 0 Å². The van der Waals surface area contributed by atoms with Crippen molar-refractivity contribution >= 4 is 9.84 Å². The number of nitrogens with zero attached hydrogens (tertiary/aromatic N) is 1. The SMILES string of the molecule is CCNCC(C)N1CCS(=O)(=O)CC1C. The first-order valence-corrected chi connectivity index (χ1v) is 7.45. The second-order valence-electron chi connectivity index (χ2n) is 4.36. The molecular formula is C10H22N2O2S. The van der Waals surface area contributed by atoms with E-state index in [1.165, 1.54) is 0 Å². The van der Waals surface area contributed by atoms with E-state index < -0.39 is 9.84 Å². The lowest BCUT2D eigenvalue weighted by molar-refractivity contribution is 0.166. The molecule has 0 spiro atoms. The molecule has 1 N–H and O–H groups in total. The highest BCUT2D eigenvalue weighted by Crippen LogP contribution is 2.14. The Bertz CT molecular complexity index is 290. The Labute approximate surface area is 93.0 Å². The predicted molar refractivity (Wildman–Crippen MR) is 62.8 cm³/mol. The molecule has 90 valence electrons. The molecule has 4 nitrogen and oxygen atoms in total. The average molecular weight is 234 g/mol. The summed E-state index contributed by atoms with van der Waals surface area (Å²) in [6.45, 7) is 8.80. The first-order valence-electron chi connectivity index (χ1n) is 5.63. The van der Waals surface area contributed by atoms with Crippen LogP contribution in [0.5, 0.6) is 0 Å². The van der Waals surface area contributed by atoms with Crippen molar-refractivity contribution < 1.29 is 8.42 Å². The monoisotopic (exact) mass is 234 g/mol. The molecule has 2 unspecified atom stereocenters. The van der Waals surface area contributed by atoms with E-state index in [1.54, 1.807) is 0 Å². The van der Waals surface area contributed by atoms with Crippen LogP contribution in [0.1, 0.15) is 20.8 Å². The van der Waals surface area contributed by atoms with Crippen LogP contribution in [0.15, 0.2) is 0 Å². The Morgan fingerprint density at radius 2 is 2.20 bits per heavy atom. The minimum absolute atomic E-state index is 0.150. The third-order valence-electron chi connectivity index (χ3n) is 2.98. The zero-order valence-corrected chi connectivity index (χ0v) is 10.7. The van der Waals surface area contributed by atoms with Gasteiger partial charge in [-0.1, -0.05) is 6.92 Å². The molecule has 1 saturated heterocycles. The molecule has 1 heterocycles. The highest BCUT2D eigenvalue weighted by atomic mass is 32.2. The van der Waals surface area contributed by atoms with Crippen molar-refractivity contribution in [3.05, 3.63) is 0 Å². The summed E-state index contributed by atoms with van der Waals surface area (Å²) in [4.78, 5) is 2.28. The molecule has 0 aromatic heterocycles. The maximum atomic E-state index is 11.4. The molecule has 0 aromatic rings. The fourth-order valence-electron chi connectivity index (χ4n) is 2.14. The van der Waals surface area contributed by atoms with Gasteiger partial charge in [-0.25, -0.2) is 8.42 Å². The van der Waals surface area contributed by atoms with Crippen LogP contribution in [0, 0.1) is 0 Å². The van der Waals surface area contributed by atoms with Crippen LogP contribution in [0.25, 0.3) is 0 Å². The number of sulfone groups is 1. The Morgan fingerprint density at radius 1 is 1.53 bits per heavy atom. The standard InChI is InChI=1S/C10H22N2O2S/c1-4-11-7-9(2)12-5-6-15(13,14)8-10(12)3/h9-11H,4-8H2,1-3H3. The Kier molecular flexibility index (Phi) is 4.55. The van der Waals surface area contributed by atoms with E-state index in [4.69, 9.17) is 0 Å². The van der Waals surface area contributed by atoms with E-state index in [0.29, 0.717) is 24.1 Å². The largest absolute Gasteiger partial charge is 0.315 e. The number of likely N-dealkylation sites (N-methyl/N-ethyl adjacent to an activating group) is 1. The van der Waals surface area contributed by atoms with Crippen molar-refractivity contribution in [3.8, 4) is 0 Å². The summed E-state index contributed by atoms with van der Waals surface area (Å²) >= 11 is 0. The first-order chi connectivity index (χ1) is 6.96. The summed E-state index contributed by atoms with van der Waals surface area (Å²) in [5, 5.41) is 3.30. The van der Waals surface area contributed by atoms with Crippen LogP contribution in [-0.2, 0) is 9.84 Å². The summed E-state index contributed by atoms with van der Waals surface area (Å²) in [5.74, 6) is 0.622. The van der Waals surface area contributed by atoms with Gasteiger partial charge in [-0.2, -0.15) is 0 Å². The normalized spacial score (nSPS) is 28.9. The fourth-order valence-corrected chi connectivity index (χ4v) is 3.72. The van der Waals surface area contributed by atoms with Crippen LogP contribution in [0.3, 0.4) is 0 Å². The van der Waals surface area contributed by atoms with Crippen molar-refractivity contribution in [3.63, 3.8) is 0 Å². The van der Waals surface area contributed by atoms with Gasteiger partial charge in [0.05, 0.1) is 11.5 Å². The van der Waals surface area contributed by atoms with Gasteiger partial charge in [-0.05, 0) is 20.4 Å². The van der Waals surface area contributed by atoms with Gasteiger partial charge in [-0.3, -0.25) is 4.90 Å². The van der Waals surface area contributed by atoms with Gasteiger partial charge >= 0.3 is 0 Å². The molecule has 1 aliphatic heterocycles. The zero-order valence-electron chi connectivity index (χ0n) is 9.86. The molecule has 15 heavy (non-hydrogen) atoms. The third-order valence-corrected chi connectivity index (χ3v) is 4.77. The summed E-state index contributed by atoms with van der Waals surface area (Å²) in [6, 6.07) is 0.563. The van der Waals surface area contributed by atoms with E-state index in [0.717, 1.165) is 13.1 Å². The molecule has 1 fully saturated rings. The van der Waals surface area contributed by atoms with Crippen LogP contribution in [-0.4, -0.2) is 56.5 Å². The minimum atomic E-state index is -2.78. The quantitative estimate of drug-likeness (QED) is 0.750. The lowest BCUT2D eigenvalue weighted by atomic mass is 10.2. The third kappa shape index (κ3) is 3.74. The second-order valence-corrected chi connectivity index (χ2v) is 6.59. The average Bonchev–Trinajstić information content (AvgIpc) is 2.12. The summed E-state index contributed by atoms with van der Waals surface area (Å²) in [6.07, 6.45) is 0. The van der Waals surface area contributed by atoms with E-state index >= 15 is 0 Å². The molecule has 0 saturated carbocycles. The minimum Gasteiger partial charge on any atom is -0.315 e. The van der Waals surface area contributed by atoms with Crippen LogP contribution in [0.4, 0.5) is 0 Å². The molecule has 0 aliphatic carbocycles. The molecule has 2 atom stereocenters. The highest BCUT2D eigenvalue weighted by Gasteiger charge is 2.30. The number of nitrogens with one attached hydrogen (secondary N) is 1. The van der Waals surface area contributed by atoms with Crippen molar-refractivity contribution in [2.75, 3.05) is 31.1 Å². The van der Waals surface area contributed by atoms with Gasteiger partial charge in [0.25, 0.3) is 0 Å². The summed E-state index contributed by atoms with van der Waals surface area (Å²) in [5.41, 5.74) is 0. The second kappa shape index (κ2) is 5.27. The van der Waals surface area contributed by atoms with E-state index in [1.807, 2.05) is 6.92 Å². The van der Waals surface area contributed by atoms with E-state index in [9.17, 15) is 8.42 Å². The number of hydrogen-bond donors (Lipinski definition) is 1. The molecule has 0 aromatic carbocycles. The molecule has 0 bridgehead atoms. The fraction of sp³-hybridized carbons (Fsp3) is 1.00.